The predicted octanol–water partition coefficient (Wildman–Crippen LogP) is 5.26. The minimum absolute atomic E-state index is 1.10. The highest BCUT2D eigenvalue weighted by Crippen LogP contribution is 2.27. The summed E-state index contributed by atoms with van der Waals surface area (Å²) in [5.41, 5.74) is 4.33. The van der Waals surface area contributed by atoms with Crippen LogP contribution in [-0.2, 0) is 12.8 Å². The van der Waals surface area contributed by atoms with Crippen molar-refractivity contribution in [1.29, 1.82) is 0 Å². The third kappa shape index (κ3) is 3.86. The van der Waals surface area contributed by atoms with Gasteiger partial charge in [0.25, 0.3) is 0 Å². The summed E-state index contributed by atoms with van der Waals surface area (Å²) in [7, 11) is 2.14. The van der Waals surface area contributed by atoms with Crippen LogP contribution >= 0.6 is 23.1 Å². The fraction of sp³-hybridized carbons (Fsp3) is 0.333. The van der Waals surface area contributed by atoms with E-state index in [1.54, 1.807) is 0 Å². The van der Waals surface area contributed by atoms with Crippen LogP contribution < -0.4 is 0 Å². The molecular weight excluding hydrogens is 344 g/mol. The zero-order chi connectivity index (χ0) is 17.1. The number of para-hydroxylation sites is 1. The second-order valence-corrected chi connectivity index (χ2v) is 8.65. The molecule has 0 N–H and O–H groups in total. The monoisotopic (exact) mass is 368 g/mol. The van der Waals surface area contributed by atoms with E-state index in [4.69, 9.17) is 0 Å². The lowest BCUT2D eigenvalue weighted by Gasteiger charge is -2.25. The van der Waals surface area contributed by atoms with Crippen molar-refractivity contribution in [2.75, 3.05) is 25.4 Å². The third-order valence-electron chi connectivity index (χ3n) is 4.92. The number of aryl methyl sites for hydroxylation is 1. The smallest absolute Gasteiger partial charge is 0.0480 e. The van der Waals surface area contributed by atoms with Gasteiger partial charge in [-0.3, -0.25) is 4.90 Å². The first kappa shape index (κ1) is 17.0. The van der Waals surface area contributed by atoms with Gasteiger partial charge in [0.15, 0.2) is 0 Å². The molecule has 3 heterocycles. The zero-order valence-electron chi connectivity index (χ0n) is 14.6. The Labute approximate surface area is 158 Å². The minimum Gasteiger partial charge on any atom is -0.350 e. The average molecular weight is 369 g/mol. The number of fused-ring (bicyclic) bond motifs is 1. The number of hydrogen-bond acceptors (Lipinski definition) is 3. The summed E-state index contributed by atoms with van der Waals surface area (Å²) in [4.78, 5) is 4.03. The molecule has 130 valence electrons. The molecule has 4 heteroatoms. The van der Waals surface area contributed by atoms with Gasteiger partial charge >= 0.3 is 0 Å². The second-order valence-electron chi connectivity index (χ2n) is 6.59. The van der Waals surface area contributed by atoms with Crippen LogP contribution in [0.1, 0.15) is 16.9 Å². The van der Waals surface area contributed by atoms with Crippen molar-refractivity contribution in [3.8, 4) is 0 Å². The molecule has 0 bridgehead atoms. The van der Waals surface area contributed by atoms with Crippen molar-refractivity contribution in [1.82, 2.24) is 9.47 Å². The summed E-state index contributed by atoms with van der Waals surface area (Å²) >= 11 is 3.91. The summed E-state index contributed by atoms with van der Waals surface area (Å²) in [6, 6.07) is 13.1. The first-order chi connectivity index (χ1) is 12.3. The van der Waals surface area contributed by atoms with E-state index in [1.807, 2.05) is 11.3 Å². The number of rotatable bonds is 6. The van der Waals surface area contributed by atoms with E-state index in [1.165, 1.54) is 52.2 Å². The Morgan fingerprint density at radius 2 is 2.08 bits per heavy atom. The maximum atomic E-state index is 2.58. The summed E-state index contributed by atoms with van der Waals surface area (Å²) in [6.07, 6.45) is 5.90. The molecule has 0 fully saturated rings. The number of nitrogens with zero attached hydrogens (tertiary/aromatic N) is 2. The van der Waals surface area contributed by atoms with Crippen LogP contribution in [0.15, 0.2) is 54.1 Å². The number of aromatic nitrogens is 1. The molecule has 4 rings (SSSR count). The first-order valence-corrected chi connectivity index (χ1v) is 10.9. The van der Waals surface area contributed by atoms with Gasteiger partial charge in [-0.15, -0.1) is 11.3 Å². The Morgan fingerprint density at radius 1 is 1.16 bits per heavy atom. The first-order valence-electron chi connectivity index (χ1n) is 8.87. The van der Waals surface area contributed by atoms with E-state index in [2.05, 4.69) is 82.3 Å². The van der Waals surface area contributed by atoms with Gasteiger partial charge in [0.05, 0.1) is 0 Å². The van der Waals surface area contributed by atoms with Crippen molar-refractivity contribution in [3.63, 3.8) is 0 Å². The molecule has 2 nitrogen and oxygen atoms in total. The fourth-order valence-electron chi connectivity index (χ4n) is 3.52. The molecule has 0 spiro atoms. The normalized spacial score (nSPS) is 15.6. The minimum atomic E-state index is 1.10. The van der Waals surface area contributed by atoms with Gasteiger partial charge in [-0.05, 0) is 35.1 Å². The maximum Gasteiger partial charge on any atom is 0.0480 e. The highest BCUT2D eigenvalue weighted by Gasteiger charge is 2.13. The summed E-state index contributed by atoms with van der Waals surface area (Å²) in [6.45, 7) is 3.48. The van der Waals surface area contributed by atoms with Gasteiger partial charge in [0.1, 0.15) is 0 Å². The van der Waals surface area contributed by atoms with E-state index in [0.717, 1.165) is 12.3 Å². The molecule has 3 aromatic rings. The third-order valence-corrected chi connectivity index (χ3v) is 6.85. The van der Waals surface area contributed by atoms with Crippen molar-refractivity contribution < 1.29 is 0 Å². The van der Waals surface area contributed by atoms with Crippen LogP contribution in [0.5, 0.6) is 0 Å². The fourth-order valence-corrected chi connectivity index (χ4v) is 5.29. The Kier molecular flexibility index (Phi) is 5.30. The van der Waals surface area contributed by atoms with Crippen LogP contribution in [0, 0.1) is 0 Å². The molecule has 2 aromatic heterocycles. The SMILES string of the molecule is Cn1cc(CSCCN2CC=C(c3cccs3)CC2)c2ccccc21. The Hall–Kier alpha value is -1.49. The quantitative estimate of drug-likeness (QED) is 0.548. The van der Waals surface area contributed by atoms with Gasteiger partial charge < -0.3 is 4.57 Å². The lowest BCUT2D eigenvalue weighted by Crippen LogP contribution is -2.30. The largest absolute Gasteiger partial charge is 0.350 e. The van der Waals surface area contributed by atoms with Crippen LogP contribution in [0.25, 0.3) is 16.5 Å². The Morgan fingerprint density at radius 3 is 2.88 bits per heavy atom. The predicted molar refractivity (Wildman–Crippen MR) is 112 cm³/mol. The van der Waals surface area contributed by atoms with Crippen molar-refractivity contribution in [2.45, 2.75) is 12.2 Å². The summed E-state index contributed by atoms with van der Waals surface area (Å²) < 4.78 is 2.24. The number of thioether (sulfide) groups is 1. The van der Waals surface area contributed by atoms with Crippen molar-refractivity contribution in [2.24, 2.45) is 7.05 Å². The van der Waals surface area contributed by atoms with Crippen LogP contribution in [0.2, 0.25) is 0 Å². The van der Waals surface area contributed by atoms with E-state index in [0.29, 0.717) is 0 Å². The van der Waals surface area contributed by atoms with Crippen LogP contribution in [0.3, 0.4) is 0 Å². The van der Waals surface area contributed by atoms with Crippen molar-refractivity contribution in [3.05, 3.63) is 64.5 Å². The molecule has 0 unspecified atom stereocenters. The molecule has 0 amide bonds. The number of hydrogen-bond donors (Lipinski definition) is 0. The highest BCUT2D eigenvalue weighted by molar-refractivity contribution is 7.98. The van der Waals surface area contributed by atoms with Gasteiger partial charge in [-0.25, -0.2) is 0 Å². The summed E-state index contributed by atoms with van der Waals surface area (Å²) in [5, 5.41) is 3.57. The van der Waals surface area contributed by atoms with Crippen molar-refractivity contribution >= 4 is 39.6 Å². The van der Waals surface area contributed by atoms with Gasteiger partial charge in [0.2, 0.25) is 0 Å². The second kappa shape index (κ2) is 7.81. The van der Waals surface area contributed by atoms with Crippen LogP contribution in [-0.4, -0.2) is 34.9 Å². The summed E-state index contributed by atoms with van der Waals surface area (Å²) in [5.74, 6) is 2.30. The molecule has 1 aromatic carbocycles. The van der Waals surface area contributed by atoms with Crippen LogP contribution in [0.4, 0.5) is 0 Å². The standard InChI is InChI=1S/C21H24N2S2/c1-22-15-18(19-5-2-3-6-20(19)22)16-24-14-12-23-10-8-17(9-11-23)21-7-4-13-25-21/h2-8,13,15H,9-12,14,16H2,1H3. The molecule has 0 atom stereocenters. The molecule has 1 aliphatic rings. The molecule has 0 saturated heterocycles. The van der Waals surface area contributed by atoms with E-state index >= 15 is 0 Å². The Balaban J connectivity index is 1.26. The number of thiophene rings is 1. The van der Waals surface area contributed by atoms with Gasteiger partial charge in [-0.2, -0.15) is 11.8 Å². The van der Waals surface area contributed by atoms with E-state index in [-0.39, 0.29) is 0 Å². The Bertz CT molecular complexity index is 861. The molecule has 0 radical (unpaired) electrons. The molecular formula is C21H24N2S2. The van der Waals surface area contributed by atoms with E-state index in [9.17, 15) is 0 Å². The molecule has 0 aliphatic carbocycles. The van der Waals surface area contributed by atoms with Gasteiger partial charge in [0, 0.05) is 60.2 Å². The zero-order valence-corrected chi connectivity index (χ0v) is 16.3. The lowest BCUT2D eigenvalue weighted by molar-refractivity contribution is 0.321. The topological polar surface area (TPSA) is 8.17 Å². The molecule has 1 aliphatic heterocycles. The maximum absolute atomic E-state index is 2.58. The average Bonchev–Trinajstić information content (AvgIpc) is 3.29. The van der Waals surface area contributed by atoms with E-state index < -0.39 is 0 Å². The molecule has 0 saturated carbocycles. The lowest BCUT2D eigenvalue weighted by atomic mass is 10.1. The number of benzene rings is 1. The van der Waals surface area contributed by atoms with Gasteiger partial charge in [-0.1, -0.05) is 30.3 Å². The molecule has 25 heavy (non-hydrogen) atoms. The highest BCUT2D eigenvalue weighted by atomic mass is 32.2.